The fourth-order valence-electron chi connectivity index (χ4n) is 1.45. The third-order valence-corrected chi connectivity index (χ3v) is 4.09. The summed E-state index contributed by atoms with van der Waals surface area (Å²) < 4.78 is 61.2. The highest BCUT2D eigenvalue weighted by Crippen LogP contribution is 2.30. The summed E-state index contributed by atoms with van der Waals surface area (Å²) in [6, 6.07) is 7.63. The van der Waals surface area contributed by atoms with Crippen molar-refractivity contribution < 1.29 is 21.6 Å². The molecular weight excluding hydrogens is 279 g/mol. The van der Waals surface area contributed by atoms with E-state index in [9.17, 15) is 21.6 Å². The van der Waals surface area contributed by atoms with Gasteiger partial charge in [-0.3, -0.25) is 0 Å². The molecule has 1 aromatic carbocycles. The number of aromatic nitrogens is 1. The van der Waals surface area contributed by atoms with E-state index in [1.165, 1.54) is 18.3 Å². The molecule has 0 unspecified atom stereocenters. The number of hydrogen-bond donors (Lipinski definition) is 0. The van der Waals surface area contributed by atoms with Crippen LogP contribution in [0.5, 0.6) is 0 Å². The first kappa shape index (κ1) is 13.5. The standard InChI is InChI=1S/C12H8F3NO2S/c13-12(14,15)9-4-6-10(7-5-9)19(17,18)11-3-1-2-8-16-11/h1-8H. The smallest absolute Gasteiger partial charge is 0.244 e. The summed E-state index contributed by atoms with van der Waals surface area (Å²) in [7, 11) is -3.88. The van der Waals surface area contributed by atoms with E-state index in [4.69, 9.17) is 0 Å². The molecule has 19 heavy (non-hydrogen) atoms. The lowest BCUT2D eigenvalue weighted by molar-refractivity contribution is -0.137. The molecule has 0 atom stereocenters. The van der Waals surface area contributed by atoms with Gasteiger partial charge in [-0.05, 0) is 36.4 Å². The van der Waals surface area contributed by atoms with Crippen molar-refractivity contribution in [2.45, 2.75) is 16.1 Å². The van der Waals surface area contributed by atoms with Crippen molar-refractivity contribution in [3.63, 3.8) is 0 Å². The minimum absolute atomic E-state index is 0.199. The Hall–Kier alpha value is -1.89. The van der Waals surface area contributed by atoms with Gasteiger partial charge >= 0.3 is 6.18 Å². The second-order valence-electron chi connectivity index (χ2n) is 3.69. The molecule has 0 saturated carbocycles. The average molecular weight is 287 g/mol. The Morgan fingerprint density at radius 1 is 0.947 bits per heavy atom. The minimum Gasteiger partial charge on any atom is -0.244 e. The van der Waals surface area contributed by atoms with E-state index in [0.717, 1.165) is 24.3 Å². The molecule has 3 nitrogen and oxygen atoms in total. The Bertz CT molecular complexity index is 664. The second-order valence-corrected chi connectivity index (χ2v) is 5.59. The van der Waals surface area contributed by atoms with Gasteiger partial charge in [0.2, 0.25) is 9.84 Å². The molecule has 2 aromatic rings. The second kappa shape index (κ2) is 4.65. The number of benzene rings is 1. The molecule has 0 saturated heterocycles. The summed E-state index contributed by atoms with van der Waals surface area (Å²) >= 11 is 0. The fourth-order valence-corrected chi connectivity index (χ4v) is 2.64. The van der Waals surface area contributed by atoms with Crippen molar-refractivity contribution in [2.24, 2.45) is 0 Å². The molecule has 0 N–H and O–H groups in total. The molecule has 0 aliphatic heterocycles. The number of pyridine rings is 1. The molecular formula is C12H8F3NO2S. The van der Waals surface area contributed by atoms with Gasteiger partial charge in [-0.15, -0.1) is 0 Å². The first-order valence-corrected chi connectivity index (χ1v) is 6.63. The van der Waals surface area contributed by atoms with Crippen molar-refractivity contribution in [3.8, 4) is 0 Å². The van der Waals surface area contributed by atoms with Gasteiger partial charge in [0.1, 0.15) is 0 Å². The third-order valence-electron chi connectivity index (χ3n) is 2.41. The zero-order valence-electron chi connectivity index (χ0n) is 9.42. The highest BCUT2D eigenvalue weighted by atomic mass is 32.2. The highest BCUT2D eigenvalue weighted by molar-refractivity contribution is 7.91. The molecule has 2 rings (SSSR count). The van der Waals surface area contributed by atoms with Crippen molar-refractivity contribution in [3.05, 3.63) is 54.2 Å². The first-order chi connectivity index (χ1) is 8.82. The van der Waals surface area contributed by atoms with Crippen molar-refractivity contribution >= 4 is 9.84 Å². The minimum atomic E-state index is -4.49. The lowest BCUT2D eigenvalue weighted by Crippen LogP contribution is -2.07. The molecule has 0 aliphatic rings. The van der Waals surface area contributed by atoms with Crippen LogP contribution in [0.1, 0.15) is 5.56 Å². The van der Waals surface area contributed by atoms with Crippen LogP contribution in [0.15, 0.2) is 58.6 Å². The van der Waals surface area contributed by atoms with E-state index in [0.29, 0.717) is 0 Å². The van der Waals surface area contributed by atoms with Crippen molar-refractivity contribution in [2.75, 3.05) is 0 Å². The molecule has 0 amide bonds. The summed E-state index contributed by atoms with van der Waals surface area (Å²) in [6.45, 7) is 0. The van der Waals surface area contributed by atoms with E-state index < -0.39 is 21.6 Å². The zero-order valence-corrected chi connectivity index (χ0v) is 10.2. The lowest BCUT2D eigenvalue weighted by atomic mass is 10.2. The van der Waals surface area contributed by atoms with Crippen LogP contribution in [-0.4, -0.2) is 13.4 Å². The number of rotatable bonds is 2. The van der Waals surface area contributed by atoms with Crippen molar-refractivity contribution in [1.82, 2.24) is 4.98 Å². The van der Waals surface area contributed by atoms with Gasteiger partial charge in [0.15, 0.2) is 5.03 Å². The van der Waals surface area contributed by atoms with Crippen LogP contribution in [0.3, 0.4) is 0 Å². The summed E-state index contributed by atoms with van der Waals surface area (Å²) in [4.78, 5) is 3.46. The van der Waals surface area contributed by atoms with Gasteiger partial charge in [0.05, 0.1) is 10.5 Å². The van der Waals surface area contributed by atoms with Gasteiger partial charge in [-0.25, -0.2) is 13.4 Å². The molecule has 1 aromatic heterocycles. The summed E-state index contributed by atoms with van der Waals surface area (Å²) in [5.74, 6) is 0. The third kappa shape index (κ3) is 2.76. The predicted octanol–water partition coefficient (Wildman–Crippen LogP) is 2.93. The molecule has 0 bridgehead atoms. The number of sulfone groups is 1. The summed E-state index contributed by atoms with van der Waals surface area (Å²) in [5.41, 5.74) is -0.896. The quantitative estimate of drug-likeness (QED) is 0.853. The van der Waals surface area contributed by atoms with Crippen LogP contribution < -0.4 is 0 Å². The predicted molar refractivity (Wildman–Crippen MR) is 61.1 cm³/mol. The Morgan fingerprint density at radius 2 is 1.58 bits per heavy atom. The number of alkyl halides is 3. The molecule has 0 spiro atoms. The molecule has 0 aliphatic carbocycles. The van der Waals surface area contributed by atoms with Gasteiger partial charge in [-0.2, -0.15) is 13.2 Å². The Labute approximate surface area is 107 Å². The summed E-state index contributed by atoms with van der Waals surface area (Å²) in [6.07, 6.45) is -3.19. The van der Waals surface area contributed by atoms with Crippen LogP contribution >= 0.6 is 0 Å². The SMILES string of the molecule is O=S(=O)(c1ccc(C(F)(F)F)cc1)c1ccccn1. The van der Waals surface area contributed by atoms with Crippen LogP contribution in [-0.2, 0) is 16.0 Å². The molecule has 0 radical (unpaired) electrons. The van der Waals surface area contributed by atoms with Crippen LogP contribution in [0, 0.1) is 0 Å². The van der Waals surface area contributed by atoms with Gasteiger partial charge in [0, 0.05) is 6.20 Å². The van der Waals surface area contributed by atoms with E-state index in [-0.39, 0.29) is 9.92 Å². The Kier molecular flexibility index (Phi) is 3.32. The maximum atomic E-state index is 12.4. The van der Waals surface area contributed by atoms with E-state index in [1.807, 2.05) is 0 Å². The van der Waals surface area contributed by atoms with E-state index >= 15 is 0 Å². The topological polar surface area (TPSA) is 47.0 Å². The average Bonchev–Trinajstić information content (AvgIpc) is 2.39. The number of nitrogens with zero attached hydrogens (tertiary/aromatic N) is 1. The summed E-state index contributed by atoms with van der Waals surface area (Å²) in [5, 5.41) is -0.199. The van der Waals surface area contributed by atoms with Gasteiger partial charge in [0.25, 0.3) is 0 Å². The maximum absolute atomic E-state index is 12.4. The van der Waals surface area contributed by atoms with Crippen molar-refractivity contribution in [1.29, 1.82) is 0 Å². The maximum Gasteiger partial charge on any atom is 0.416 e. The van der Waals surface area contributed by atoms with Crippen LogP contribution in [0.25, 0.3) is 0 Å². The van der Waals surface area contributed by atoms with Gasteiger partial charge < -0.3 is 0 Å². The van der Waals surface area contributed by atoms with Crippen LogP contribution in [0.2, 0.25) is 0 Å². The molecule has 0 fully saturated rings. The Morgan fingerprint density at radius 3 is 2.05 bits per heavy atom. The monoisotopic (exact) mass is 287 g/mol. The lowest BCUT2D eigenvalue weighted by Gasteiger charge is -2.08. The van der Waals surface area contributed by atoms with E-state index in [1.54, 1.807) is 6.07 Å². The fraction of sp³-hybridized carbons (Fsp3) is 0.0833. The Balaban J connectivity index is 2.43. The molecule has 7 heteroatoms. The van der Waals surface area contributed by atoms with Gasteiger partial charge in [-0.1, -0.05) is 6.07 Å². The largest absolute Gasteiger partial charge is 0.416 e. The first-order valence-electron chi connectivity index (χ1n) is 5.15. The highest BCUT2D eigenvalue weighted by Gasteiger charge is 2.30. The number of hydrogen-bond acceptors (Lipinski definition) is 3. The molecule has 1 heterocycles. The zero-order chi connectivity index (χ0) is 14.1. The normalized spacial score (nSPS) is 12.4. The molecule has 100 valence electrons. The van der Waals surface area contributed by atoms with E-state index in [2.05, 4.69) is 4.98 Å². The van der Waals surface area contributed by atoms with Crippen LogP contribution in [0.4, 0.5) is 13.2 Å². The number of halogens is 3.